The van der Waals surface area contributed by atoms with Crippen LogP contribution in [0.25, 0.3) is 0 Å². The van der Waals surface area contributed by atoms with E-state index in [4.69, 9.17) is 4.74 Å². The lowest BCUT2D eigenvalue weighted by atomic mass is 9.58. The lowest BCUT2D eigenvalue weighted by Gasteiger charge is -2.61. The van der Waals surface area contributed by atoms with E-state index in [0.29, 0.717) is 17.4 Å². The third kappa shape index (κ3) is 1.60. The van der Waals surface area contributed by atoms with Crippen LogP contribution in [0.2, 0.25) is 0 Å². The predicted molar refractivity (Wildman–Crippen MR) is 69.1 cm³/mol. The number of piperidine rings is 2. The number of aliphatic hydroxyl groups excluding tert-OH is 1. The third-order valence-corrected chi connectivity index (χ3v) is 6.07. The average molecular weight is 251 g/mol. The summed E-state index contributed by atoms with van der Waals surface area (Å²) >= 11 is 0. The van der Waals surface area contributed by atoms with Gasteiger partial charge in [-0.15, -0.1) is 0 Å². The van der Waals surface area contributed by atoms with Crippen LogP contribution < -0.4 is 0 Å². The van der Waals surface area contributed by atoms with Gasteiger partial charge in [-0.1, -0.05) is 12.8 Å². The molecule has 1 aliphatic carbocycles. The molecule has 4 rings (SSSR count). The fourth-order valence-corrected chi connectivity index (χ4v) is 5.34. The van der Waals surface area contributed by atoms with Gasteiger partial charge in [-0.2, -0.15) is 0 Å². The Balaban J connectivity index is 1.67. The van der Waals surface area contributed by atoms with Crippen molar-refractivity contribution in [1.29, 1.82) is 0 Å². The molecule has 4 fully saturated rings. The maximum Gasteiger partial charge on any atom is 0.154 e. The number of hydrogen-bond acceptors (Lipinski definition) is 3. The van der Waals surface area contributed by atoms with Gasteiger partial charge in [0.1, 0.15) is 0 Å². The van der Waals surface area contributed by atoms with Crippen molar-refractivity contribution in [3.63, 3.8) is 0 Å². The first kappa shape index (κ1) is 11.7. The minimum atomic E-state index is -0.487. The number of aliphatic hydroxyl groups is 1. The smallest absolute Gasteiger partial charge is 0.154 e. The molecule has 0 aromatic heterocycles. The van der Waals surface area contributed by atoms with Crippen molar-refractivity contribution in [2.75, 3.05) is 13.1 Å². The van der Waals surface area contributed by atoms with Gasteiger partial charge in [0.25, 0.3) is 0 Å². The van der Waals surface area contributed by atoms with E-state index >= 15 is 0 Å². The van der Waals surface area contributed by atoms with Crippen LogP contribution in [0.3, 0.4) is 0 Å². The van der Waals surface area contributed by atoms with Crippen molar-refractivity contribution in [2.24, 2.45) is 11.3 Å². The molecule has 0 aromatic carbocycles. The summed E-state index contributed by atoms with van der Waals surface area (Å²) in [4.78, 5) is 2.77. The van der Waals surface area contributed by atoms with Crippen LogP contribution in [0.4, 0.5) is 0 Å². The van der Waals surface area contributed by atoms with Crippen LogP contribution in [0.15, 0.2) is 0 Å². The summed E-state index contributed by atoms with van der Waals surface area (Å²) in [7, 11) is 0. The molecule has 0 aromatic rings. The first-order chi connectivity index (χ1) is 8.78. The molecular formula is C15H25NO2. The lowest BCUT2D eigenvalue weighted by molar-refractivity contribution is -0.269. The number of hydrogen-bond donors (Lipinski definition) is 1. The van der Waals surface area contributed by atoms with Crippen molar-refractivity contribution < 1.29 is 9.84 Å². The summed E-state index contributed by atoms with van der Waals surface area (Å²) in [5.74, 6) is 0.697. The highest BCUT2D eigenvalue weighted by Crippen LogP contribution is 2.54. The highest BCUT2D eigenvalue weighted by molar-refractivity contribution is 5.07. The maximum atomic E-state index is 9.86. The van der Waals surface area contributed by atoms with Crippen LogP contribution in [0, 0.1) is 11.3 Å². The highest BCUT2D eigenvalue weighted by Gasteiger charge is 2.57. The monoisotopic (exact) mass is 251 g/mol. The molecular weight excluding hydrogens is 226 g/mol. The molecule has 4 aliphatic rings. The van der Waals surface area contributed by atoms with Crippen LogP contribution in [0.5, 0.6) is 0 Å². The number of fused-ring (bicyclic) bond motifs is 2. The Labute approximate surface area is 109 Å². The minimum absolute atomic E-state index is 0.356. The minimum Gasteiger partial charge on any atom is -0.368 e. The van der Waals surface area contributed by atoms with E-state index < -0.39 is 6.29 Å². The quantitative estimate of drug-likeness (QED) is 0.716. The number of ether oxygens (including phenoxy) is 1. The van der Waals surface area contributed by atoms with Crippen molar-refractivity contribution in [1.82, 2.24) is 4.90 Å². The second kappa shape index (κ2) is 4.19. The summed E-state index contributed by atoms with van der Waals surface area (Å²) < 4.78 is 6.03. The molecule has 3 heterocycles. The van der Waals surface area contributed by atoms with Crippen molar-refractivity contribution >= 4 is 0 Å². The normalized spacial score (nSPS) is 52.5. The topological polar surface area (TPSA) is 32.7 Å². The Morgan fingerprint density at radius 1 is 1.06 bits per heavy atom. The molecule has 18 heavy (non-hydrogen) atoms. The maximum absolute atomic E-state index is 9.86. The Morgan fingerprint density at radius 3 is 2.94 bits per heavy atom. The van der Waals surface area contributed by atoms with Gasteiger partial charge in [0.05, 0.1) is 6.10 Å². The van der Waals surface area contributed by atoms with Gasteiger partial charge in [-0.05, 0) is 45.1 Å². The second-order valence-electron chi connectivity index (χ2n) is 7.00. The Morgan fingerprint density at radius 2 is 2.00 bits per heavy atom. The zero-order valence-corrected chi connectivity index (χ0v) is 11.2. The van der Waals surface area contributed by atoms with Gasteiger partial charge in [-0.3, -0.25) is 4.90 Å². The van der Waals surface area contributed by atoms with Gasteiger partial charge < -0.3 is 9.84 Å². The molecule has 0 spiro atoms. The standard InChI is InChI=1S/C15H25NO2/c17-13-6-8-15-7-3-4-11(14(15)18-13)12-5-1-2-9-16(12)10-15/h11-14,17H,1-10H2/t11-,12+,13+,14?,15-/m0/s1. The fourth-order valence-electron chi connectivity index (χ4n) is 5.34. The summed E-state index contributed by atoms with van der Waals surface area (Å²) in [5, 5.41) is 9.86. The molecule has 1 unspecified atom stereocenters. The zero-order chi connectivity index (χ0) is 12.2. The lowest BCUT2D eigenvalue weighted by Crippen LogP contribution is -2.66. The van der Waals surface area contributed by atoms with Crippen LogP contribution >= 0.6 is 0 Å². The van der Waals surface area contributed by atoms with Gasteiger partial charge in [0.2, 0.25) is 0 Å². The van der Waals surface area contributed by atoms with Crippen LogP contribution in [-0.2, 0) is 4.74 Å². The number of rotatable bonds is 0. The molecule has 1 saturated carbocycles. The molecule has 0 amide bonds. The first-order valence-corrected chi connectivity index (χ1v) is 7.86. The number of nitrogens with zero attached hydrogens (tertiary/aromatic N) is 1. The van der Waals surface area contributed by atoms with E-state index in [0.717, 1.165) is 12.5 Å². The van der Waals surface area contributed by atoms with E-state index in [9.17, 15) is 5.11 Å². The summed E-state index contributed by atoms with van der Waals surface area (Å²) in [6.07, 6.45) is 10.0. The first-order valence-electron chi connectivity index (χ1n) is 7.86. The summed E-state index contributed by atoms with van der Waals surface area (Å²) in [6, 6.07) is 0.752. The van der Waals surface area contributed by atoms with Crippen LogP contribution in [0.1, 0.15) is 51.4 Å². The summed E-state index contributed by atoms with van der Waals surface area (Å²) in [5.41, 5.74) is 0.385. The van der Waals surface area contributed by atoms with Gasteiger partial charge in [0, 0.05) is 23.9 Å². The molecule has 5 atom stereocenters. The second-order valence-corrected chi connectivity index (χ2v) is 7.00. The Kier molecular flexibility index (Phi) is 2.72. The molecule has 3 heteroatoms. The van der Waals surface area contributed by atoms with Gasteiger partial charge >= 0.3 is 0 Å². The molecule has 0 radical (unpaired) electrons. The molecule has 3 aliphatic heterocycles. The highest BCUT2D eigenvalue weighted by atomic mass is 16.6. The molecule has 2 bridgehead atoms. The van der Waals surface area contributed by atoms with E-state index in [1.807, 2.05) is 0 Å². The van der Waals surface area contributed by atoms with E-state index in [1.54, 1.807) is 0 Å². The Bertz CT molecular complexity index is 334. The van der Waals surface area contributed by atoms with Crippen molar-refractivity contribution in [3.05, 3.63) is 0 Å². The molecule has 3 saturated heterocycles. The van der Waals surface area contributed by atoms with Gasteiger partial charge in [0.15, 0.2) is 6.29 Å². The van der Waals surface area contributed by atoms with E-state index in [1.165, 1.54) is 58.0 Å². The van der Waals surface area contributed by atoms with Crippen molar-refractivity contribution in [3.8, 4) is 0 Å². The molecule has 1 N–H and O–H groups in total. The summed E-state index contributed by atoms with van der Waals surface area (Å²) in [6.45, 7) is 2.55. The average Bonchev–Trinajstić information content (AvgIpc) is 2.38. The predicted octanol–water partition coefficient (Wildman–Crippen LogP) is 2.14. The van der Waals surface area contributed by atoms with Crippen molar-refractivity contribution in [2.45, 2.75) is 69.8 Å². The van der Waals surface area contributed by atoms with E-state index in [2.05, 4.69) is 4.90 Å². The van der Waals surface area contributed by atoms with E-state index in [-0.39, 0.29) is 0 Å². The third-order valence-electron chi connectivity index (χ3n) is 6.07. The fraction of sp³-hybridized carbons (Fsp3) is 1.00. The van der Waals surface area contributed by atoms with Gasteiger partial charge in [-0.25, -0.2) is 0 Å². The zero-order valence-electron chi connectivity index (χ0n) is 11.2. The van der Waals surface area contributed by atoms with Crippen LogP contribution in [-0.4, -0.2) is 41.5 Å². The largest absolute Gasteiger partial charge is 0.368 e. The Hall–Kier alpha value is -0.120. The molecule has 102 valence electrons. The SMILES string of the molecule is O[C@H]1CC[C@]23CCC[C@H](C2O1)[C@H]1CCCCN1C3. The molecule has 3 nitrogen and oxygen atoms in total.